The predicted molar refractivity (Wildman–Crippen MR) is 187 cm³/mol. The zero-order valence-electron chi connectivity index (χ0n) is 25.4. The number of hydrogen-bond donors (Lipinski definition) is 0. The molecule has 6 aromatic carbocycles. The van der Waals surface area contributed by atoms with Gasteiger partial charge in [-0.05, 0) is 50.6 Å². The van der Waals surface area contributed by atoms with Crippen LogP contribution in [0.5, 0.6) is 0 Å². The zero-order valence-corrected chi connectivity index (χ0v) is 25.4. The summed E-state index contributed by atoms with van der Waals surface area (Å²) in [6, 6.07) is 55.9. The van der Waals surface area contributed by atoms with E-state index in [2.05, 4.69) is 159 Å². The van der Waals surface area contributed by atoms with Crippen LogP contribution in [0, 0.1) is 0 Å². The molecule has 0 atom stereocenters. The van der Waals surface area contributed by atoms with Crippen LogP contribution < -0.4 is 0 Å². The van der Waals surface area contributed by atoms with E-state index in [0.29, 0.717) is 0 Å². The molecule has 0 spiro atoms. The van der Waals surface area contributed by atoms with E-state index in [9.17, 15) is 0 Å². The van der Waals surface area contributed by atoms with Crippen molar-refractivity contribution in [2.75, 3.05) is 0 Å². The van der Waals surface area contributed by atoms with Gasteiger partial charge >= 0.3 is 0 Å². The highest BCUT2D eigenvalue weighted by atomic mass is 14.9. The average Bonchev–Trinajstić information content (AvgIpc) is 3.35. The summed E-state index contributed by atoms with van der Waals surface area (Å²) in [5.41, 5.74) is 14.9. The maximum Gasteiger partial charge on any atom is 0.160 e. The first-order valence-corrected chi connectivity index (χ1v) is 15.5. The molecule has 0 amide bonds. The molecule has 0 aliphatic heterocycles. The molecule has 8 rings (SSSR count). The Balaban J connectivity index is 1.29. The smallest absolute Gasteiger partial charge is 0.160 e. The van der Waals surface area contributed by atoms with Crippen LogP contribution in [0.1, 0.15) is 25.0 Å². The number of aromatic nitrogens is 2. The van der Waals surface area contributed by atoms with Gasteiger partial charge in [-0.3, -0.25) is 0 Å². The highest BCUT2D eigenvalue weighted by molar-refractivity contribution is 5.92. The van der Waals surface area contributed by atoms with Crippen LogP contribution in [-0.4, -0.2) is 9.97 Å². The van der Waals surface area contributed by atoms with Crippen LogP contribution in [0.15, 0.2) is 158 Å². The molecule has 0 saturated carbocycles. The van der Waals surface area contributed by atoms with E-state index in [4.69, 9.17) is 9.97 Å². The minimum Gasteiger partial charge on any atom is -0.228 e. The quantitative estimate of drug-likeness (QED) is 0.204. The molecule has 1 aliphatic rings. The third-order valence-electron chi connectivity index (χ3n) is 9.15. The van der Waals surface area contributed by atoms with E-state index in [1.807, 2.05) is 12.1 Å². The summed E-state index contributed by atoms with van der Waals surface area (Å²) >= 11 is 0. The fourth-order valence-corrected chi connectivity index (χ4v) is 6.74. The third kappa shape index (κ3) is 4.76. The zero-order chi connectivity index (χ0) is 30.4. The minimum absolute atomic E-state index is 0.0822. The van der Waals surface area contributed by atoms with Crippen molar-refractivity contribution < 1.29 is 0 Å². The normalized spacial score (nSPS) is 12.8. The summed E-state index contributed by atoms with van der Waals surface area (Å²) in [4.78, 5) is 10.4. The maximum absolute atomic E-state index is 5.25. The van der Waals surface area contributed by atoms with Crippen LogP contribution in [0.25, 0.3) is 67.3 Å². The van der Waals surface area contributed by atoms with Gasteiger partial charge in [0.1, 0.15) is 0 Å². The summed E-state index contributed by atoms with van der Waals surface area (Å²) in [5.74, 6) is 0.720. The molecule has 2 heteroatoms. The molecule has 2 nitrogen and oxygen atoms in total. The molecular formula is C43H32N2. The van der Waals surface area contributed by atoms with Crippen LogP contribution >= 0.6 is 0 Å². The number of rotatable bonds is 5. The lowest BCUT2D eigenvalue weighted by Crippen LogP contribution is -2.14. The lowest BCUT2D eigenvalue weighted by Gasteiger charge is -2.21. The van der Waals surface area contributed by atoms with Crippen LogP contribution in [0.2, 0.25) is 0 Å². The lowest BCUT2D eigenvalue weighted by molar-refractivity contribution is 0.660. The van der Waals surface area contributed by atoms with Crippen molar-refractivity contribution >= 4 is 0 Å². The van der Waals surface area contributed by atoms with Gasteiger partial charge in [-0.25, -0.2) is 9.97 Å². The van der Waals surface area contributed by atoms with Gasteiger partial charge in [-0.1, -0.05) is 166 Å². The first-order valence-electron chi connectivity index (χ1n) is 15.5. The molecule has 0 saturated heterocycles. The van der Waals surface area contributed by atoms with E-state index in [0.717, 1.165) is 33.9 Å². The Bertz CT molecular complexity index is 2040. The second kappa shape index (κ2) is 10.8. The van der Waals surface area contributed by atoms with Gasteiger partial charge < -0.3 is 0 Å². The summed E-state index contributed by atoms with van der Waals surface area (Å²) in [6.07, 6.45) is 0. The molecular weight excluding hydrogens is 544 g/mol. The fourth-order valence-electron chi connectivity index (χ4n) is 6.74. The number of benzene rings is 6. The Morgan fingerprint density at radius 1 is 0.378 bits per heavy atom. The van der Waals surface area contributed by atoms with Gasteiger partial charge in [0.2, 0.25) is 0 Å². The minimum atomic E-state index is -0.0822. The van der Waals surface area contributed by atoms with Crippen molar-refractivity contribution in [1.82, 2.24) is 9.97 Å². The Morgan fingerprint density at radius 2 is 0.844 bits per heavy atom. The first-order chi connectivity index (χ1) is 22.1. The van der Waals surface area contributed by atoms with Crippen LogP contribution in [0.4, 0.5) is 0 Å². The molecule has 0 fully saturated rings. The molecule has 0 unspecified atom stereocenters. The van der Waals surface area contributed by atoms with Gasteiger partial charge in [0.05, 0.1) is 11.4 Å². The second-order valence-electron chi connectivity index (χ2n) is 12.2. The lowest BCUT2D eigenvalue weighted by atomic mass is 9.82. The van der Waals surface area contributed by atoms with E-state index >= 15 is 0 Å². The maximum atomic E-state index is 5.25. The molecule has 0 bridgehead atoms. The largest absolute Gasteiger partial charge is 0.228 e. The van der Waals surface area contributed by atoms with E-state index in [1.165, 1.54) is 44.5 Å². The van der Waals surface area contributed by atoms with E-state index in [-0.39, 0.29) is 5.41 Å². The third-order valence-corrected chi connectivity index (χ3v) is 9.15. The Hall–Kier alpha value is -5.60. The van der Waals surface area contributed by atoms with Crippen molar-refractivity contribution in [3.8, 4) is 67.3 Å². The van der Waals surface area contributed by atoms with Gasteiger partial charge in [-0.15, -0.1) is 0 Å². The Kier molecular flexibility index (Phi) is 6.50. The fraction of sp³-hybridized carbons (Fsp3) is 0.0698. The summed E-state index contributed by atoms with van der Waals surface area (Å²) in [6.45, 7) is 4.64. The number of hydrogen-bond acceptors (Lipinski definition) is 2. The standard InChI is InChI=1S/C43H32N2/c1-43(2)37-18-10-9-16-35(37)41-36(17-11-19-38(41)43)40-28-39(33-24-20-31(21-25-33)29-12-5-3-6-13-29)44-42(45-40)34-26-22-32(23-27-34)30-14-7-4-8-15-30/h3-28H,1-2H3. The monoisotopic (exact) mass is 576 g/mol. The molecule has 1 aromatic heterocycles. The first kappa shape index (κ1) is 27.0. The van der Waals surface area contributed by atoms with Crippen molar-refractivity contribution in [3.63, 3.8) is 0 Å². The molecule has 45 heavy (non-hydrogen) atoms. The summed E-state index contributed by atoms with van der Waals surface area (Å²) in [5, 5.41) is 0. The van der Waals surface area contributed by atoms with Crippen LogP contribution in [-0.2, 0) is 5.41 Å². The topological polar surface area (TPSA) is 25.8 Å². The number of nitrogens with zero attached hydrogens (tertiary/aromatic N) is 2. The molecule has 1 aliphatic carbocycles. The Labute approximate surface area is 264 Å². The second-order valence-corrected chi connectivity index (χ2v) is 12.2. The molecule has 1 heterocycles. The molecule has 0 N–H and O–H groups in total. The van der Waals surface area contributed by atoms with E-state index in [1.54, 1.807) is 0 Å². The van der Waals surface area contributed by atoms with Gasteiger partial charge in [-0.2, -0.15) is 0 Å². The van der Waals surface area contributed by atoms with Crippen LogP contribution in [0.3, 0.4) is 0 Å². The average molecular weight is 577 g/mol. The van der Waals surface area contributed by atoms with Gasteiger partial charge in [0, 0.05) is 22.1 Å². The highest BCUT2D eigenvalue weighted by Crippen LogP contribution is 2.52. The molecule has 214 valence electrons. The van der Waals surface area contributed by atoms with Gasteiger partial charge in [0.15, 0.2) is 5.82 Å². The summed E-state index contributed by atoms with van der Waals surface area (Å²) < 4.78 is 0. The van der Waals surface area contributed by atoms with E-state index < -0.39 is 0 Å². The highest BCUT2D eigenvalue weighted by Gasteiger charge is 2.36. The predicted octanol–water partition coefficient (Wildman–Crippen LogP) is 11.1. The van der Waals surface area contributed by atoms with Crippen molar-refractivity contribution in [2.24, 2.45) is 0 Å². The number of fused-ring (bicyclic) bond motifs is 3. The molecule has 7 aromatic rings. The SMILES string of the molecule is CC1(C)c2ccccc2-c2c(-c3cc(-c4ccc(-c5ccccc5)cc4)nc(-c4ccc(-c5ccccc5)cc4)n3)cccc21. The van der Waals surface area contributed by atoms with Gasteiger partial charge in [0.25, 0.3) is 0 Å². The molecule has 0 radical (unpaired) electrons. The van der Waals surface area contributed by atoms with Crippen molar-refractivity contribution in [3.05, 3.63) is 169 Å². The Morgan fingerprint density at radius 3 is 1.49 bits per heavy atom. The summed E-state index contributed by atoms with van der Waals surface area (Å²) in [7, 11) is 0. The van der Waals surface area contributed by atoms with Crippen molar-refractivity contribution in [2.45, 2.75) is 19.3 Å². The van der Waals surface area contributed by atoms with Crippen molar-refractivity contribution in [1.29, 1.82) is 0 Å².